The van der Waals surface area contributed by atoms with Gasteiger partial charge in [0.1, 0.15) is 0 Å². The number of hydrogen-bond donors (Lipinski definition) is 1. The van der Waals surface area contributed by atoms with E-state index in [9.17, 15) is 4.79 Å². The predicted molar refractivity (Wildman–Crippen MR) is 74.7 cm³/mol. The number of thiophene rings is 1. The normalized spacial score (nSPS) is 10.8. The molecule has 1 aromatic heterocycles. The van der Waals surface area contributed by atoms with Gasteiger partial charge in [0.05, 0.1) is 15.5 Å². The molecule has 1 aromatic rings. The zero-order valence-corrected chi connectivity index (χ0v) is 12.6. The molecule has 96 valence electrons. The molecule has 1 amide bonds. The Morgan fingerprint density at radius 1 is 1.53 bits per heavy atom. The fraction of sp³-hybridized carbons (Fsp3) is 0.583. The minimum Gasteiger partial charge on any atom is -0.379 e. The molecule has 1 N–H and O–H groups in total. The Hall–Kier alpha value is -0.390. The molecule has 0 bridgehead atoms. The quantitative estimate of drug-likeness (QED) is 0.782. The molecule has 0 aromatic carbocycles. The van der Waals surface area contributed by atoms with Crippen molar-refractivity contribution in [2.75, 3.05) is 13.2 Å². The van der Waals surface area contributed by atoms with Crippen LogP contribution in [0.25, 0.3) is 0 Å². The summed E-state index contributed by atoms with van der Waals surface area (Å²) in [4.78, 5) is 11.6. The Bertz CT molecular complexity index is 352. The van der Waals surface area contributed by atoms with Crippen LogP contribution in [0.2, 0.25) is 0 Å². The Balaban J connectivity index is 2.09. The third-order valence-electron chi connectivity index (χ3n) is 2.14. The van der Waals surface area contributed by atoms with Gasteiger partial charge < -0.3 is 10.1 Å². The van der Waals surface area contributed by atoms with E-state index in [-0.39, 0.29) is 12.0 Å². The summed E-state index contributed by atoms with van der Waals surface area (Å²) in [5.74, 6) is -0.00303. The van der Waals surface area contributed by atoms with Crippen LogP contribution in [0.1, 0.15) is 37.0 Å². The van der Waals surface area contributed by atoms with Gasteiger partial charge in [-0.1, -0.05) is 0 Å². The van der Waals surface area contributed by atoms with Crippen LogP contribution in [0.3, 0.4) is 0 Å². The Kier molecular flexibility index (Phi) is 6.77. The summed E-state index contributed by atoms with van der Waals surface area (Å²) < 4.78 is 6.40. The summed E-state index contributed by atoms with van der Waals surface area (Å²) in [5, 5.41) is 4.74. The van der Waals surface area contributed by atoms with Crippen molar-refractivity contribution in [2.24, 2.45) is 0 Å². The van der Waals surface area contributed by atoms with Crippen LogP contribution in [-0.4, -0.2) is 25.2 Å². The van der Waals surface area contributed by atoms with E-state index in [4.69, 9.17) is 4.74 Å². The number of unbranched alkanes of at least 4 members (excludes halogenated alkanes) is 1. The molecule has 0 saturated carbocycles. The third-order valence-corrected chi connectivity index (χ3v) is 3.64. The molecule has 0 fully saturated rings. The number of ether oxygens (including phenoxy) is 1. The van der Waals surface area contributed by atoms with Crippen molar-refractivity contribution in [3.05, 3.63) is 20.8 Å². The zero-order chi connectivity index (χ0) is 12.7. The van der Waals surface area contributed by atoms with Crippen molar-refractivity contribution in [3.8, 4) is 0 Å². The number of rotatable bonds is 7. The van der Waals surface area contributed by atoms with Gasteiger partial charge >= 0.3 is 0 Å². The minimum absolute atomic E-state index is 0.00303. The van der Waals surface area contributed by atoms with Crippen LogP contribution in [-0.2, 0) is 4.74 Å². The minimum atomic E-state index is -0.00303. The van der Waals surface area contributed by atoms with Crippen LogP contribution in [0.5, 0.6) is 0 Å². The van der Waals surface area contributed by atoms with E-state index in [1.807, 2.05) is 25.3 Å². The highest BCUT2D eigenvalue weighted by atomic mass is 79.9. The number of carbonyl (C=O) groups is 1. The number of carbonyl (C=O) groups excluding carboxylic acids is 1. The first-order valence-corrected chi connectivity index (χ1v) is 7.40. The van der Waals surface area contributed by atoms with E-state index >= 15 is 0 Å². The first-order chi connectivity index (χ1) is 8.09. The van der Waals surface area contributed by atoms with Gasteiger partial charge in [0.15, 0.2) is 0 Å². The number of nitrogens with one attached hydrogen (secondary N) is 1. The second-order valence-electron chi connectivity index (χ2n) is 4.02. The van der Waals surface area contributed by atoms with E-state index in [0.29, 0.717) is 6.54 Å². The number of amides is 1. The van der Waals surface area contributed by atoms with Crippen molar-refractivity contribution >= 4 is 33.2 Å². The molecule has 5 heteroatoms. The summed E-state index contributed by atoms with van der Waals surface area (Å²) in [5.41, 5.74) is 0.723. The monoisotopic (exact) mass is 319 g/mol. The van der Waals surface area contributed by atoms with Crippen LogP contribution in [0.4, 0.5) is 0 Å². The maximum Gasteiger partial charge on any atom is 0.252 e. The molecule has 0 aliphatic carbocycles. The lowest BCUT2D eigenvalue weighted by atomic mass is 10.3. The molecule has 1 heterocycles. The van der Waals surface area contributed by atoms with Gasteiger partial charge in [-0.25, -0.2) is 0 Å². The Morgan fingerprint density at radius 3 is 2.88 bits per heavy atom. The number of hydrogen-bond acceptors (Lipinski definition) is 3. The molecular formula is C12H18BrNO2S. The summed E-state index contributed by atoms with van der Waals surface area (Å²) in [6.45, 7) is 5.51. The fourth-order valence-corrected chi connectivity index (χ4v) is 2.42. The zero-order valence-electron chi connectivity index (χ0n) is 10.2. The lowest BCUT2D eigenvalue weighted by Gasteiger charge is -2.07. The molecule has 3 nitrogen and oxygen atoms in total. The van der Waals surface area contributed by atoms with Gasteiger partial charge in [-0.05, 0) is 48.7 Å². The summed E-state index contributed by atoms with van der Waals surface area (Å²) in [6, 6.07) is 1.84. The first kappa shape index (κ1) is 14.7. The van der Waals surface area contributed by atoms with Gasteiger partial charge in [0.25, 0.3) is 5.91 Å². The maximum atomic E-state index is 11.6. The second kappa shape index (κ2) is 7.84. The summed E-state index contributed by atoms with van der Waals surface area (Å²) >= 11 is 4.86. The van der Waals surface area contributed by atoms with Gasteiger partial charge in [0, 0.05) is 18.5 Å². The van der Waals surface area contributed by atoms with E-state index < -0.39 is 0 Å². The van der Waals surface area contributed by atoms with Crippen molar-refractivity contribution in [2.45, 2.75) is 32.8 Å². The van der Waals surface area contributed by atoms with Crippen LogP contribution >= 0.6 is 27.3 Å². The van der Waals surface area contributed by atoms with Crippen LogP contribution in [0.15, 0.2) is 15.2 Å². The van der Waals surface area contributed by atoms with Gasteiger partial charge in [-0.2, -0.15) is 0 Å². The van der Waals surface area contributed by atoms with E-state index in [1.54, 1.807) is 0 Å². The molecule has 0 aliphatic rings. The average Bonchev–Trinajstić information content (AvgIpc) is 2.69. The van der Waals surface area contributed by atoms with Crippen molar-refractivity contribution in [1.29, 1.82) is 0 Å². The van der Waals surface area contributed by atoms with E-state index in [0.717, 1.165) is 28.8 Å². The SMILES string of the molecule is CC(C)OCCCCNC(=O)c1csc(Br)c1. The molecule has 17 heavy (non-hydrogen) atoms. The van der Waals surface area contributed by atoms with Crippen LogP contribution < -0.4 is 5.32 Å². The molecule has 0 unspecified atom stereocenters. The first-order valence-electron chi connectivity index (χ1n) is 5.73. The fourth-order valence-electron chi connectivity index (χ4n) is 1.28. The molecular weight excluding hydrogens is 302 g/mol. The summed E-state index contributed by atoms with van der Waals surface area (Å²) in [7, 11) is 0. The molecule has 0 saturated heterocycles. The Morgan fingerprint density at radius 2 is 2.29 bits per heavy atom. The topological polar surface area (TPSA) is 38.3 Å². The lowest BCUT2D eigenvalue weighted by Crippen LogP contribution is -2.24. The standard InChI is InChI=1S/C12H18BrNO2S/c1-9(2)16-6-4-3-5-14-12(15)10-7-11(13)17-8-10/h7-9H,3-6H2,1-2H3,(H,14,15). The highest BCUT2D eigenvalue weighted by molar-refractivity contribution is 9.11. The molecule has 0 atom stereocenters. The largest absolute Gasteiger partial charge is 0.379 e. The Labute approximate surface area is 115 Å². The summed E-state index contributed by atoms with van der Waals surface area (Å²) in [6.07, 6.45) is 2.21. The van der Waals surface area contributed by atoms with Crippen LogP contribution in [0, 0.1) is 0 Å². The third kappa shape index (κ3) is 6.19. The van der Waals surface area contributed by atoms with Crippen molar-refractivity contribution in [3.63, 3.8) is 0 Å². The van der Waals surface area contributed by atoms with Gasteiger partial charge in [0.2, 0.25) is 0 Å². The lowest BCUT2D eigenvalue weighted by molar-refractivity contribution is 0.0754. The molecule has 1 rings (SSSR count). The second-order valence-corrected chi connectivity index (χ2v) is 6.31. The predicted octanol–water partition coefficient (Wildman–Crippen LogP) is 3.45. The van der Waals surface area contributed by atoms with Gasteiger partial charge in [-0.15, -0.1) is 11.3 Å². The highest BCUT2D eigenvalue weighted by Gasteiger charge is 2.06. The maximum absolute atomic E-state index is 11.6. The number of halogens is 1. The molecule has 0 aliphatic heterocycles. The van der Waals surface area contributed by atoms with E-state index in [2.05, 4.69) is 21.2 Å². The highest BCUT2D eigenvalue weighted by Crippen LogP contribution is 2.20. The van der Waals surface area contributed by atoms with Crippen molar-refractivity contribution in [1.82, 2.24) is 5.32 Å². The van der Waals surface area contributed by atoms with E-state index in [1.165, 1.54) is 11.3 Å². The molecule has 0 radical (unpaired) electrons. The molecule has 0 spiro atoms. The average molecular weight is 320 g/mol. The smallest absolute Gasteiger partial charge is 0.252 e. The van der Waals surface area contributed by atoms with Crippen molar-refractivity contribution < 1.29 is 9.53 Å². The van der Waals surface area contributed by atoms with Gasteiger partial charge in [-0.3, -0.25) is 4.79 Å².